The highest BCUT2D eigenvalue weighted by atomic mass is 16.6. The number of aliphatic carboxylic acids is 1. The number of carbonyl (C=O) groups excluding carboxylic acids is 1. The summed E-state index contributed by atoms with van der Waals surface area (Å²) in [6, 6.07) is 25.5. The molecule has 2 heterocycles. The number of hydrogen-bond acceptors (Lipinski definition) is 6. The van der Waals surface area contributed by atoms with E-state index in [2.05, 4.69) is 15.4 Å². The van der Waals surface area contributed by atoms with Gasteiger partial charge >= 0.3 is 12.1 Å². The Hall–Kier alpha value is -4.59. The lowest BCUT2D eigenvalue weighted by Gasteiger charge is -2.18. The number of hydrogen-bond donors (Lipinski definition) is 2. The van der Waals surface area contributed by atoms with Crippen molar-refractivity contribution in [1.29, 1.82) is 0 Å². The largest absolute Gasteiger partial charge is 0.481 e. The minimum absolute atomic E-state index is 0.310. The second-order valence-corrected chi connectivity index (χ2v) is 9.45. The number of carboxylic acids is 1. The van der Waals surface area contributed by atoms with Crippen LogP contribution in [0.25, 0.3) is 22.5 Å². The van der Waals surface area contributed by atoms with Crippen molar-refractivity contribution in [3.63, 3.8) is 0 Å². The normalized spacial score (nSPS) is 15.7. The van der Waals surface area contributed by atoms with Crippen LogP contribution < -0.4 is 10.2 Å². The molecule has 4 aromatic rings. The zero-order valence-corrected chi connectivity index (χ0v) is 21.3. The predicted molar refractivity (Wildman–Crippen MR) is 145 cm³/mol. The SMILES string of the molecule is Cc1noc(-c2ccc(-c3ccc(N4CC[C@@H](C(=O)O)C4)cc3)cc2)c1NC(=O)O[C@H](C)c1ccccc1. The number of benzene rings is 3. The van der Waals surface area contributed by atoms with Gasteiger partial charge in [0.25, 0.3) is 0 Å². The molecule has 3 aromatic carbocycles. The molecule has 38 heavy (non-hydrogen) atoms. The summed E-state index contributed by atoms with van der Waals surface area (Å²) in [5, 5.41) is 16.1. The summed E-state index contributed by atoms with van der Waals surface area (Å²) >= 11 is 0. The Morgan fingerprint density at radius 3 is 2.26 bits per heavy atom. The average Bonchev–Trinajstić information content (AvgIpc) is 3.57. The molecular formula is C30H29N3O5. The molecular weight excluding hydrogens is 482 g/mol. The molecule has 1 aliphatic rings. The van der Waals surface area contributed by atoms with Crippen LogP contribution in [0, 0.1) is 12.8 Å². The molecule has 8 nitrogen and oxygen atoms in total. The highest BCUT2D eigenvalue weighted by molar-refractivity contribution is 5.91. The monoisotopic (exact) mass is 511 g/mol. The molecule has 5 rings (SSSR count). The third-order valence-corrected chi connectivity index (χ3v) is 6.89. The topological polar surface area (TPSA) is 105 Å². The fraction of sp³-hybridized carbons (Fsp3) is 0.233. The fourth-order valence-electron chi connectivity index (χ4n) is 4.67. The van der Waals surface area contributed by atoms with Gasteiger partial charge in [-0.25, -0.2) is 4.79 Å². The molecule has 0 radical (unpaired) electrons. The molecule has 1 aliphatic heterocycles. The molecule has 0 bridgehead atoms. The van der Waals surface area contributed by atoms with E-state index in [4.69, 9.17) is 9.26 Å². The second kappa shape index (κ2) is 10.8. The van der Waals surface area contributed by atoms with Crippen LogP contribution in [0.5, 0.6) is 0 Å². The van der Waals surface area contributed by atoms with Crippen LogP contribution in [0.4, 0.5) is 16.2 Å². The Kier molecular flexibility index (Phi) is 7.13. The van der Waals surface area contributed by atoms with Crippen molar-refractivity contribution in [2.45, 2.75) is 26.4 Å². The minimum atomic E-state index is -0.733. The molecule has 194 valence electrons. The van der Waals surface area contributed by atoms with Crippen LogP contribution in [-0.4, -0.2) is 35.4 Å². The summed E-state index contributed by atoms with van der Waals surface area (Å²) in [5.41, 5.74) is 5.78. The lowest BCUT2D eigenvalue weighted by molar-refractivity contribution is -0.140. The molecule has 2 atom stereocenters. The van der Waals surface area contributed by atoms with Crippen LogP contribution in [0.15, 0.2) is 83.4 Å². The number of nitrogens with zero attached hydrogens (tertiary/aromatic N) is 2. The lowest BCUT2D eigenvalue weighted by atomic mass is 10.0. The van der Waals surface area contributed by atoms with E-state index in [-0.39, 0.29) is 5.92 Å². The summed E-state index contributed by atoms with van der Waals surface area (Å²) in [5.74, 6) is -0.589. The number of aryl methyl sites for hydroxylation is 1. The summed E-state index contributed by atoms with van der Waals surface area (Å²) in [4.78, 5) is 26.0. The van der Waals surface area contributed by atoms with Crippen molar-refractivity contribution in [3.8, 4) is 22.5 Å². The van der Waals surface area contributed by atoms with Crippen LogP contribution in [0.1, 0.15) is 30.7 Å². The van der Waals surface area contributed by atoms with E-state index in [1.54, 1.807) is 6.92 Å². The third kappa shape index (κ3) is 5.39. The van der Waals surface area contributed by atoms with Crippen molar-refractivity contribution < 1.29 is 24.0 Å². The molecule has 1 aromatic heterocycles. The number of nitrogens with one attached hydrogen (secondary N) is 1. The molecule has 8 heteroatoms. The number of carboxylic acid groups (broad SMARTS) is 1. The van der Waals surface area contributed by atoms with E-state index < -0.39 is 18.2 Å². The zero-order chi connectivity index (χ0) is 26.6. The molecule has 0 aliphatic carbocycles. The molecule has 0 spiro atoms. The summed E-state index contributed by atoms with van der Waals surface area (Å²) in [6.45, 7) is 4.86. The van der Waals surface area contributed by atoms with Gasteiger partial charge in [-0.05, 0) is 49.1 Å². The van der Waals surface area contributed by atoms with Gasteiger partial charge in [-0.1, -0.05) is 71.9 Å². The Morgan fingerprint density at radius 2 is 1.63 bits per heavy atom. The van der Waals surface area contributed by atoms with Gasteiger partial charge in [0.15, 0.2) is 5.76 Å². The van der Waals surface area contributed by atoms with E-state index in [1.807, 2.05) is 85.8 Å². The van der Waals surface area contributed by atoms with Gasteiger partial charge in [-0.15, -0.1) is 0 Å². The number of amides is 1. The maximum Gasteiger partial charge on any atom is 0.412 e. The smallest absolute Gasteiger partial charge is 0.412 e. The molecule has 1 amide bonds. The Bertz CT molecular complexity index is 1410. The van der Waals surface area contributed by atoms with Crippen LogP contribution in [0.3, 0.4) is 0 Å². The first-order chi connectivity index (χ1) is 18.4. The predicted octanol–water partition coefficient (Wildman–Crippen LogP) is 6.54. The number of aromatic nitrogens is 1. The summed E-state index contributed by atoms with van der Waals surface area (Å²) < 4.78 is 11.1. The first-order valence-corrected chi connectivity index (χ1v) is 12.6. The summed E-state index contributed by atoms with van der Waals surface area (Å²) in [7, 11) is 0. The number of rotatable bonds is 7. The van der Waals surface area contributed by atoms with Gasteiger partial charge < -0.3 is 19.3 Å². The summed E-state index contributed by atoms with van der Waals surface area (Å²) in [6.07, 6.45) is -0.326. The van der Waals surface area contributed by atoms with E-state index in [0.717, 1.165) is 34.5 Å². The van der Waals surface area contributed by atoms with Gasteiger partial charge in [0.1, 0.15) is 17.5 Å². The first-order valence-electron chi connectivity index (χ1n) is 12.6. The maximum absolute atomic E-state index is 12.6. The highest BCUT2D eigenvalue weighted by Gasteiger charge is 2.28. The van der Waals surface area contributed by atoms with Crippen LogP contribution in [-0.2, 0) is 9.53 Å². The standard InChI is InChI=1S/C30H29N3O5/c1-19-27(31-30(36)37-20(2)21-6-4-3-5-7-21)28(38-32-19)24-10-8-22(9-11-24)23-12-14-26(15-13-23)33-17-16-25(18-33)29(34)35/h3-15,20,25H,16-18H2,1-2H3,(H,31,36)(H,34,35)/t20-,25-/m1/s1. The van der Waals surface area contributed by atoms with E-state index >= 15 is 0 Å². The van der Waals surface area contributed by atoms with Gasteiger partial charge in [-0.2, -0.15) is 0 Å². The zero-order valence-electron chi connectivity index (χ0n) is 21.3. The molecule has 1 fully saturated rings. The average molecular weight is 512 g/mol. The molecule has 2 N–H and O–H groups in total. The molecule has 0 saturated carbocycles. The van der Waals surface area contributed by atoms with Crippen molar-refractivity contribution in [1.82, 2.24) is 5.16 Å². The second-order valence-electron chi connectivity index (χ2n) is 9.45. The van der Waals surface area contributed by atoms with Gasteiger partial charge in [0, 0.05) is 24.3 Å². The van der Waals surface area contributed by atoms with Crippen LogP contribution >= 0.6 is 0 Å². The van der Waals surface area contributed by atoms with Gasteiger partial charge in [0.05, 0.1) is 5.92 Å². The number of ether oxygens (including phenoxy) is 1. The molecule has 1 saturated heterocycles. The number of anilines is 2. The third-order valence-electron chi connectivity index (χ3n) is 6.89. The van der Waals surface area contributed by atoms with Gasteiger partial charge in [0.2, 0.25) is 0 Å². The Morgan fingerprint density at radius 1 is 1.00 bits per heavy atom. The highest BCUT2D eigenvalue weighted by Crippen LogP contribution is 2.33. The molecule has 0 unspecified atom stereocenters. The van der Waals surface area contributed by atoms with Crippen molar-refractivity contribution >= 4 is 23.4 Å². The van der Waals surface area contributed by atoms with Crippen molar-refractivity contribution in [2.75, 3.05) is 23.3 Å². The van der Waals surface area contributed by atoms with E-state index in [9.17, 15) is 14.7 Å². The minimum Gasteiger partial charge on any atom is -0.481 e. The Labute approximate surface area is 220 Å². The lowest BCUT2D eigenvalue weighted by Crippen LogP contribution is -2.22. The van der Waals surface area contributed by atoms with E-state index in [0.29, 0.717) is 30.1 Å². The first kappa shape index (κ1) is 25.1. The van der Waals surface area contributed by atoms with Crippen LogP contribution in [0.2, 0.25) is 0 Å². The van der Waals surface area contributed by atoms with Crippen molar-refractivity contribution in [3.05, 3.63) is 90.1 Å². The fourth-order valence-corrected chi connectivity index (χ4v) is 4.67. The quantitative estimate of drug-likeness (QED) is 0.290. The van der Waals surface area contributed by atoms with E-state index in [1.165, 1.54) is 0 Å². The number of carbonyl (C=O) groups is 2. The van der Waals surface area contributed by atoms with Crippen molar-refractivity contribution in [2.24, 2.45) is 5.92 Å². The Balaban J connectivity index is 1.26. The van der Waals surface area contributed by atoms with Gasteiger partial charge in [-0.3, -0.25) is 10.1 Å². The maximum atomic E-state index is 12.6.